The Balaban J connectivity index is 1.48. The fourth-order valence-corrected chi connectivity index (χ4v) is 3.07. The molecule has 2 aromatic rings. The maximum absolute atomic E-state index is 12.1. The summed E-state index contributed by atoms with van der Waals surface area (Å²) in [5, 5.41) is 2.92. The average Bonchev–Trinajstić information content (AvgIpc) is 2.64. The zero-order valence-electron chi connectivity index (χ0n) is 15.0. The van der Waals surface area contributed by atoms with E-state index in [-0.39, 0.29) is 18.4 Å². The highest BCUT2D eigenvalue weighted by atomic mass is 16.5. The van der Waals surface area contributed by atoms with Gasteiger partial charge in [-0.05, 0) is 55.2 Å². The molecule has 0 bridgehead atoms. The van der Waals surface area contributed by atoms with Crippen LogP contribution in [0.1, 0.15) is 24.0 Å². The summed E-state index contributed by atoms with van der Waals surface area (Å²) in [5.41, 5.74) is 4.13. The maximum Gasteiger partial charge on any atom is 0.253 e. The zero-order chi connectivity index (χ0) is 18.4. The normalized spacial score (nSPS) is 14.3. The van der Waals surface area contributed by atoms with E-state index in [4.69, 9.17) is 4.74 Å². The molecule has 0 saturated carbocycles. The van der Waals surface area contributed by atoms with Crippen LogP contribution in [0.5, 0.6) is 0 Å². The fraction of sp³-hybridized carbons (Fsp3) is 0.333. The van der Waals surface area contributed by atoms with Crippen molar-refractivity contribution in [2.75, 3.05) is 30.0 Å². The van der Waals surface area contributed by atoms with Gasteiger partial charge in [-0.15, -0.1) is 0 Å². The van der Waals surface area contributed by atoms with Crippen LogP contribution in [-0.2, 0) is 20.7 Å². The molecule has 1 aliphatic heterocycles. The Morgan fingerprint density at radius 1 is 1.15 bits per heavy atom. The molecule has 0 atom stereocenters. The third-order valence-corrected chi connectivity index (χ3v) is 4.56. The van der Waals surface area contributed by atoms with Gasteiger partial charge in [0.05, 0.1) is 6.61 Å². The second kappa shape index (κ2) is 8.63. The number of nitrogens with one attached hydrogen (secondary N) is 1. The molecule has 5 nitrogen and oxygen atoms in total. The van der Waals surface area contributed by atoms with E-state index in [2.05, 4.69) is 24.4 Å². The number of anilines is 2. The zero-order valence-corrected chi connectivity index (χ0v) is 15.0. The summed E-state index contributed by atoms with van der Waals surface area (Å²) in [6.45, 7) is 3.32. The van der Waals surface area contributed by atoms with Gasteiger partial charge in [-0.2, -0.15) is 0 Å². The smallest absolute Gasteiger partial charge is 0.253 e. The van der Waals surface area contributed by atoms with E-state index < -0.39 is 0 Å². The Hall–Kier alpha value is -2.66. The predicted octanol–water partition coefficient (Wildman–Crippen LogP) is 3.32. The van der Waals surface area contributed by atoms with Gasteiger partial charge in [0.2, 0.25) is 5.91 Å². The Labute approximate surface area is 154 Å². The standard InChI is InChI=1S/C21H24N2O3/c1-16-5-2-3-6-17(16)7-4-8-20(24)22-18-9-11-19(12-10-18)23-13-14-26-15-21(23)25/h2-3,5-6,9-12H,4,7-8,13-15H2,1H3,(H,22,24). The van der Waals surface area contributed by atoms with Crippen LogP contribution in [0.3, 0.4) is 0 Å². The number of nitrogens with zero attached hydrogens (tertiary/aromatic N) is 1. The van der Waals surface area contributed by atoms with E-state index in [1.165, 1.54) is 11.1 Å². The molecule has 1 fully saturated rings. The Kier molecular flexibility index (Phi) is 6.02. The molecule has 136 valence electrons. The van der Waals surface area contributed by atoms with Gasteiger partial charge in [0.15, 0.2) is 0 Å². The highest BCUT2D eigenvalue weighted by Gasteiger charge is 2.19. The van der Waals surface area contributed by atoms with Crippen LogP contribution >= 0.6 is 0 Å². The molecule has 1 aliphatic rings. The first kappa shape index (κ1) is 18.1. The Morgan fingerprint density at radius 3 is 2.65 bits per heavy atom. The van der Waals surface area contributed by atoms with E-state index in [1.807, 2.05) is 36.4 Å². The van der Waals surface area contributed by atoms with Gasteiger partial charge in [0.25, 0.3) is 5.91 Å². The summed E-state index contributed by atoms with van der Waals surface area (Å²) in [7, 11) is 0. The molecule has 1 N–H and O–H groups in total. The van der Waals surface area contributed by atoms with E-state index >= 15 is 0 Å². The first-order valence-corrected chi connectivity index (χ1v) is 8.96. The first-order chi connectivity index (χ1) is 12.6. The molecule has 3 rings (SSSR count). The topological polar surface area (TPSA) is 58.6 Å². The third kappa shape index (κ3) is 4.70. The average molecular weight is 352 g/mol. The number of carbonyl (C=O) groups is 2. The summed E-state index contributed by atoms with van der Waals surface area (Å²) < 4.78 is 5.14. The lowest BCUT2D eigenvalue weighted by atomic mass is 10.0. The molecule has 0 spiro atoms. The van der Waals surface area contributed by atoms with Crippen molar-refractivity contribution in [3.63, 3.8) is 0 Å². The van der Waals surface area contributed by atoms with Gasteiger partial charge in [0, 0.05) is 24.3 Å². The van der Waals surface area contributed by atoms with Crippen LogP contribution < -0.4 is 10.2 Å². The van der Waals surface area contributed by atoms with E-state index in [0.29, 0.717) is 19.6 Å². The summed E-state index contributed by atoms with van der Waals surface area (Å²) >= 11 is 0. The minimum atomic E-state index is -0.0377. The third-order valence-electron chi connectivity index (χ3n) is 4.56. The van der Waals surface area contributed by atoms with E-state index in [0.717, 1.165) is 24.2 Å². The van der Waals surface area contributed by atoms with Crippen LogP contribution in [0, 0.1) is 6.92 Å². The number of ether oxygens (including phenoxy) is 1. The van der Waals surface area contributed by atoms with Crippen molar-refractivity contribution >= 4 is 23.2 Å². The van der Waals surface area contributed by atoms with Gasteiger partial charge in [0.1, 0.15) is 6.61 Å². The molecule has 2 amide bonds. The van der Waals surface area contributed by atoms with Gasteiger partial charge < -0.3 is 15.0 Å². The number of aryl methyl sites for hydroxylation is 2. The number of hydrogen-bond acceptors (Lipinski definition) is 3. The minimum Gasteiger partial charge on any atom is -0.370 e. The molecule has 0 radical (unpaired) electrons. The monoisotopic (exact) mass is 352 g/mol. The number of amides is 2. The molecule has 5 heteroatoms. The minimum absolute atomic E-state index is 0.00813. The number of rotatable bonds is 6. The van der Waals surface area contributed by atoms with Crippen molar-refractivity contribution in [3.05, 3.63) is 59.7 Å². The van der Waals surface area contributed by atoms with Gasteiger partial charge >= 0.3 is 0 Å². The second-order valence-corrected chi connectivity index (χ2v) is 6.47. The van der Waals surface area contributed by atoms with Crippen LogP contribution in [0.15, 0.2) is 48.5 Å². The summed E-state index contributed by atoms with van der Waals surface area (Å²) in [6.07, 6.45) is 2.20. The lowest BCUT2D eigenvalue weighted by Crippen LogP contribution is -2.41. The van der Waals surface area contributed by atoms with Crippen LogP contribution in [0.2, 0.25) is 0 Å². The van der Waals surface area contributed by atoms with Crippen molar-refractivity contribution < 1.29 is 14.3 Å². The molecule has 1 saturated heterocycles. The highest BCUT2D eigenvalue weighted by molar-refractivity contribution is 5.95. The Bertz CT molecular complexity index is 771. The predicted molar refractivity (Wildman–Crippen MR) is 102 cm³/mol. The molecule has 26 heavy (non-hydrogen) atoms. The molecule has 0 unspecified atom stereocenters. The quantitative estimate of drug-likeness (QED) is 0.868. The van der Waals surface area contributed by atoms with E-state index in [9.17, 15) is 9.59 Å². The lowest BCUT2D eigenvalue weighted by molar-refractivity contribution is -0.125. The van der Waals surface area contributed by atoms with Crippen LogP contribution in [0.25, 0.3) is 0 Å². The fourth-order valence-electron chi connectivity index (χ4n) is 3.07. The molecule has 0 aliphatic carbocycles. The second-order valence-electron chi connectivity index (χ2n) is 6.47. The van der Waals surface area contributed by atoms with Crippen molar-refractivity contribution in [1.29, 1.82) is 0 Å². The summed E-state index contributed by atoms with van der Waals surface area (Å²) in [6, 6.07) is 15.6. The molecular weight excluding hydrogens is 328 g/mol. The Morgan fingerprint density at radius 2 is 1.92 bits per heavy atom. The molecule has 0 aromatic heterocycles. The molecular formula is C21H24N2O3. The lowest BCUT2D eigenvalue weighted by Gasteiger charge is -2.26. The SMILES string of the molecule is Cc1ccccc1CCCC(=O)Nc1ccc(N2CCOCC2=O)cc1. The van der Waals surface area contributed by atoms with Gasteiger partial charge in [-0.1, -0.05) is 24.3 Å². The van der Waals surface area contributed by atoms with Crippen molar-refractivity contribution in [1.82, 2.24) is 0 Å². The first-order valence-electron chi connectivity index (χ1n) is 8.96. The van der Waals surface area contributed by atoms with Crippen LogP contribution in [0.4, 0.5) is 11.4 Å². The van der Waals surface area contributed by atoms with Crippen molar-refractivity contribution in [2.24, 2.45) is 0 Å². The van der Waals surface area contributed by atoms with Gasteiger partial charge in [-0.25, -0.2) is 0 Å². The largest absolute Gasteiger partial charge is 0.370 e. The maximum atomic E-state index is 12.1. The van der Waals surface area contributed by atoms with Crippen molar-refractivity contribution in [2.45, 2.75) is 26.2 Å². The van der Waals surface area contributed by atoms with E-state index in [1.54, 1.807) is 4.90 Å². The number of carbonyl (C=O) groups excluding carboxylic acids is 2. The summed E-state index contributed by atoms with van der Waals surface area (Å²) in [4.78, 5) is 25.7. The highest BCUT2D eigenvalue weighted by Crippen LogP contribution is 2.20. The summed E-state index contributed by atoms with van der Waals surface area (Å²) in [5.74, 6) is -0.0296. The number of morpholine rings is 1. The number of benzene rings is 2. The van der Waals surface area contributed by atoms with Gasteiger partial charge in [-0.3, -0.25) is 9.59 Å². The molecule has 2 aromatic carbocycles. The van der Waals surface area contributed by atoms with Crippen molar-refractivity contribution in [3.8, 4) is 0 Å². The van der Waals surface area contributed by atoms with Crippen LogP contribution in [-0.4, -0.2) is 31.6 Å². The molecule has 1 heterocycles. The number of hydrogen-bond donors (Lipinski definition) is 1.